The smallest absolute Gasteiger partial charge is 0.236 e. The van der Waals surface area contributed by atoms with Crippen LogP contribution in [-0.2, 0) is 11.2 Å². The third kappa shape index (κ3) is 8.71. The van der Waals surface area contributed by atoms with E-state index < -0.39 is 0 Å². The number of hydrazone groups is 1. The topological polar surface area (TPSA) is 59.9 Å². The predicted molar refractivity (Wildman–Crippen MR) is 113 cm³/mol. The SMILES string of the molecule is CCCCCCc1ccc(OCCOc2ccc(C=NNC(C)=O)cc2)cc1. The van der Waals surface area contributed by atoms with E-state index in [9.17, 15) is 4.79 Å². The van der Waals surface area contributed by atoms with Gasteiger partial charge in [0.2, 0.25) is 5.91 Å². The van der Waals surface area contributed by atoms with E-state index in [2.05, 4.69) is 29.6 Å². The van der Waals surface area contributed by atoms with E-state index in [0.717, 1.165) is 23.5 Å². The number of carbonyl (C=O) groups is 1. The Labute approximate surface area is 167 Å². The third-order valence-corrected chi connectivity index (χ3v) is 4.18. The van der Waals surface area contributed by atoms with Crippen LogP contribution in [0.15, 0.2) is 53.6 Å². The van der Waals surface area contributed by atoms with Gasteiger partial charge in [-0.1, -0.05) is 38.3 Å². The summed E-state index contributed by atoms with van der Waals surface area (Å²) in [6, 6.07) is 15.8. The molecule has 0 unspecified atom stereocenters. The molecule has 0 aliphatic heterocycles. The molecule has 0 bridgehead atoms. The van der Waals surface area contributed by atoms with Crippen molar-refractivity contribution in [1.82, 2.24) is 5.43 Å². The summed E-state index contributed by atoms with van der Waals surface area (Å²) in [6.45, 7) is 4.61. The Morgan fingerprint density at radius 1 is 0.929 bits per heavy atom. The number of hydrogen-bond acceptors (Lipinski definition) is 4. The molecular weight excluding hydrogens is 352 g/mol. The monoisotopic (exact) mass is 382 g/mol. The van der Waals surface area contributed by atoms with Crippen LogP contribution in [0.25, 0.3) is 0 Å². The molecule has 0 aliphatic rings. The van der Waals surface area contributed by atoms with Gasteiger partial charge in [0.1, 0.15) is 24.7 Å². The fourth-order valence-electron chi connectivity index (χ4n) is 2.68. The van der Waals surface area contributed by atoms with Crippen molar-refractivity contribution in [3.05, 3.63) is 59.7 Å². The zero-order chi connectivity index (χ0) is 20.0. The molecule has 0 aromatic heterocycles. The van der Waals surface area contributed by atoms with Crippen molar-refractivity contribution >= 4 is 12.1 Å². The lowest BCUT2D eigenvalue weighted by Gasteiger charge is -2.09. The number of aryl methyl sites for hydroxylation is 1. The van der Waals surface area contributed by atoms with Crippen LogP contribution in [0.5, 0.6) is 11.5 Å². The fourth-order valence-corrected chi connectivity index (χ4v) is 2.68. The lowest BCUT2D eigenvalue weighted by atomic mass is 10.1. The van der Waals surface area contributed by atoms with Crippen molar-refractivity contribution in [2.24, 2.45) is 5.10 Å². The standard InChI is InChI=1S/C23H30N2O3/c1-3-4-5-6-7-20-8-12-22(13-9-20)27-16-17-28-23-14-10-21(11-15-23)18-24-25-19(2)26/h8-15,18H,3-7,16-17H2,1-2H3,(H,25,26). The van der Waals surface area contributed by atoms with E-state index in [1.54, 1.807) is 6.21 Å². The Balaban J connectivity index is 1.65. The highest BCUT2D eigenvalue weighted by Crippen LogP contribution is 2.15. The Hall–Kier alpha value is -2.82. The summed E-state index contributed by atoms with van der Waals surface area (Å²) < 4.78 is 11.4. The second kappa shape index (κ2) is 12.5. The molecular formula is C23H30N2O3. The summed E-state index contributed by atoms with van der Waals surface area (Å²) in [6.07, 6.45) is 7.85. The maximum atomic E-state index is 10.8. The summed E-state index contributed by atoms with van der Waals surface area (Å²) >= 11 is 0. The number of nitrogens with zero attached hydrogens (tertiary/aromatic N) is 1. The molecule has 1 amide bonds. The summed E-state index contributed by atoms with van der Waals surface area (Å²) in [7, 11) is 0. The molecule has 2 rings (SSSR count). The highest BCUT2D eigenvalue weighted by molar-refractivity contribution is 5.81. The number of unbranched alkanes of at least 4 members (excludes halogenated alkanes) is 3. The highest BCUT2D eigenvalue weighted by Gasteiger charge is 1.98. The van der Waals surface area contributed by atoms with Crippen LogP contribution in [0, 0.1) is 0 Å². The van der Waals surface area contributed by atoms with E-state index in [4.69, 9.17) is 9.47 Å². The van der Waals surface area contributed by atoms with Gasteiger partial charge < -0.3 is 9.47 Å². The zero-order valence-corrected chi connectivity index (χ0v) is 16.8. The first-order valence-electron chi connectivity index (χ1n) is 9.91. The number of amides is 1. The lowest BCUT2D eigenvalue weighted by molar-refractivity contribution is -0.118. The van der Waals surface area contributed by atoms with E-state index in [0.29, 0.717) is 13.2 Å². The van der Waals surface area contributed by atoms with Gasteiger partial charge in [-0.15, -0.1) is 0 Å². The van der Waals surface area contributed by atoms with Crippen molar-refractivity contribution in [3.8, 4) is 11.5 Å². The molecule has 150 valence electrons. The van der Waals surface area contributed by atoms with Crippen LogP contribution in [-0.4, -0.2) is 25.3 Å². The van der Waals surface area contributed by atoms with Crippen LogP contribution >= 0.6 is 0 Å². The molecule has 2 aromatic carbocycles. The van der Waals surface area contributed by atoms with Crippen molar-refractivity contribution in [1.29, 1.82) is 0 Å². The number of ether oxygens (including phenoxy) is 2. The molecule has 0 saturated carbocycles. The number of benzene rings is 2. The van der Waals surface area contributed by atoms with Gasteiger partial charge in [0.25, 0.3) is 0 Å². The van der Waals surface area contributed by atoms with E-state index >= 15 is 0 Å². The van der Waals surface area contributed by atoms with E-state index in [1.807, 2.05) is 36.4 Å². The van der Waals surface area contributed by atoms with Crippen LogP contribution in [0.1, 0.15) is 50.7 Å². The first-order chi connectivity index (χ1) is 13.7. The first kappa shape index (κ1) is 21.5. The minimum Gasteiger partial charge on any atom is -0.490 e. The van der Waals surface area contributed by atoms with Crippen molar-refractivity contribution in [2.45, 2.75) is 46.0 Å². The molecule has 0 aliphatic carbocycles. The molecule has 0 heterocycles. The second-order valence-electron chi connectivity index (χ2n) is 6.65. The Bertz CT molecular complexity index is 725. The second-order valence-corrected chi connectivity index (χ2v) is 6.65. The maximum Gasteiger partial charge on any atom is 0.236 e. The Morgan fingerprint density at radius 2 is 1.54 bits per heavy atom. The fraction of sp³-hybridized carbons (Fsp3) is 0.391. The molecule has 0 radical (unpaired) electrons. The molecule has 0 spiro atoms. The molecule has 28 heavy (non-hydrogen) atoms. The average molecular weight is 383 g/mol. The Kier molecular flexibility index (Phi) is 9.62. The van der Waals surface area contributed by atoms with E-state index in [1.165, 1.54) is 38.2 Å². The van der Waals surface area contributed by atoms with Crippen LogP contribution in [0.3, 0.4) is 0 Å². The van der Waals surface area contributed by atoms with Gasteiger partial charge in [-0.25, -0.2) is 5.43 Å². The van der Waals surface area contributed by atoms with Gasteiger partial charge in [0, 0.05) is 6.92 Å². The average Bonchev–Trinajstić information content (AvgIpc) is 2.70. The predicted octanol–water partition coefficient (Wildman–Crippen LogP) is 4.74. The van der Waals surface area contributed by atoms with Gasteiger partial charge in [-0.2, -0.15) is 5.10 Å². The molecule has 0 saturated heterocycles. The minimum absolute atomic E-state index is 0.196. The summed E-state index contributed by atoms with van der Waals surface area (Å²) in [5, 5.41) is 3.83. The van der Waals surface area contributed by atoms with Crippen LogP contribution in [0.2, 0.25) is 0 Å². The van der Waals surface area contributed by atoms with Gasteiger partial charge >= 0.3 is 0 Å². The van der Waals surface area contributed by atoms with Crippen molar-refractivity contribution in [3.63, 3.8) is 0 Å². The van der Waals surface area contributed by atoms with Crippen LogP contribution in [0.4, 0.5) is 0 Å². The highest BCUT2D eigenvalue weighted by atomic mass is 16.5. The van der Waals surface area contributed by atoms with Crippen molar-refractivity contribution < 1.29 is 14.3 Å². The lowest BCUT2D eigenvalue weighted by Crippen LogP contribution is -2.12. The third-order valence-electron chi connectivity index (χ3n) is 4.18. The molecule has 5 heteroatoms. The molecule has 0 atom stereocenters. The summed E-state index contributed by atoms with van der Waals surface area (Å²) in [5.74, 6) is 1.44. The Morgan fingerprint density at radius 3 is 2.11 bits per heavy atom. The zero-order valence-electron chi connectivity index (χ0n) is 16.8. The normalized spacial score (nSPS) is 10.8. The van der Waals surface area contributed by atoms with Crippen molar-refractivity contribution in [2.75, 3.05) is 13.2 Å². The molecule has 2 aromatic rings. The number of hydrogen-bond donors (Lipinski definition) is 1. The molecule has 1 N–H and O–H groups in total. The summed E-state index contributed by atoms with van der Waals surface area (Å²) in [5.41, 5.74) is 4.61. The number of carbonyl (C=O) groups excluding carboxylic acids is 1. The van der Waals surface area contributed by atoms with Gasteiger partial charge in [0.05, 0.1) is 6.21 Å². The minimum atomic E-state index is -0.196. The summed E-state index contributed by atoms with van der Waals surface area (Å²) in [4.78, 5) is 10.8. The molecule has 5 nitrogen and oxygen atoms in total. The molecule has 0 fully saturated rings. The van der Waals surface area contributed by atoms with E-state index in [-0.39, 0.29) is 5.91 Å². The number of rotatable bonds is 12. The largest absolute Gasteiger partial charge is 0.490 e. The maximum absolute atomic E-state index is 10.8. The van der Waals surface area contributed by atoms with Crippen LogP contribution < -0.4 is 14.9 Å². The number of nitrogens with one attached hydrogen (secondary N) is 1. The quantitative estimate of drug-likeness (QED) is 0.328. The van der Waals surface area contributed by atoms with Gasteiger partial charge in [0.15, 0.2) is 0 Å². The van der Waals surface area contributed by atoms with Gasteiger partial charge in [-0.05, 0) is 60.4 Å². The van der Waals surface area contributed by atoms with Gasteiger partial charge in [-0.3, -0.25) is 4.79 Å². The first-order valence-corrected chi connectivity index (χ1v) is 9.91.